The van der Waals surface area contributed by atoms with E-state index < -0.39 is 16.7 Å². The van der Waals surface area contributed by atoms with Crippen molar-refractivity contribution in [1.29, 1.82) is 0 Å². The van der Waals surface area contributed by atoms with E-state index in [-0.39, 0.29) is 11.4 Å². The van der Waals surface area contributed by atoms with E-state index in [0.29, 0.717) is 11.4 Å². The number of hydrogen-bond acceptors (Lipinski definition) is 6. The topological polar surface area (TPSA) is 114 Å². The number of benzene rings is 2. The minimum atomic E-state index is -0.639. The lowest BCUT2D eigenvalue weighted by molar-refractivity contribution is -0.384. The van der Waals surface area contributed by atoms with E-state index in [1.54, 1.807) is 30.5 Å². The summed E-state index contributed by atoms with van der Waals surface area (Å²) in [6.45, 7) is 0. The van der Waals surface area contributed by atoms with E-state index in [9.17, 15) is 20.0 Å². The van der Waals surface area contributed by atoms with Gasteiger partial charge in [-0.05, 0) is 18.2 Å². The van der Waals surface area contributed by atoms with Crippen LogP contribution in [0.3, 0.4) is 0 Å². The molecule has 0 fully saturated rings. The number of rotatable bonds is 5. The Bertz CT molecular complexity index is 738. The molecule has 3 N–H and O–H groups in total. The molecule has 2 amide bonds. The fourth-order valence-electron chi connectivity index (χ4n) is 1.75. The summed E-state index contributed by atoms with van der Waals surface area (Å²) >= 11 is 1.13. The highest BCUT2D eigenvalue weighted by molar-refractivity contribution is 7.94. The molecule has 23 heavy (non-hydrogen) atoms. The number of nitrogens with zero attached hydrogens (tertiary/aromatic N) is 1. The van der Waals surface area contributed by atoms with E-state index in [4.69, 9.17) is 4.18 Å². The molecule has 0 radical (unpaired) electrons. The van der Waals surface area contributed by atoms with E-state index in [1.165, 1.54) is 12.1 Å². The van der Waals surface area contributed by atoms with Crippen molar-refractivity contribution in [1.82, 2.24) is 0 Å². The molecule has 0 aromatic heterocycles. The number of carbonyl (C=O) groups excluding carboxylic acids is 1. The Labute approximate surface area is 135 Å². The molecule has 0 saturated heterocycles. The Morgan fingerprint density at radius 1 is 1.22 bits per heavy atom. The number of amides is 2. The maximum atomic E-state index is 12.0. The minimum absolute atomic E-state index is 0.0522. The van der Waals surface area contributed by atoms with Gasteiger partial charge in [0.2, 0.25) is 0 Å². The third-order valence-electron chi connectivity index (χ3n) is 2.75. The highest BCUT2D eigenvalue weighted by Gasteiger charge is 2.13. The van der Waals surface area contributed by atoms with E-state index in [2.05, 4.69) is 10.6 Å². The number of phenols is 1. The number of nitrogens with one attached hydrogen (secondary N) is 2. The van der Waals surface area contributed by atoms with Crippen LogP contribution in [0.4, 0.5) is 21.9 Å². The molecule has 8 nitrogen and oxygen atoms in total. The SMILES string of the molecule is CSOc1ccccc1NC(=O)Nc1ccc([N+](=O)[O-])cc1O. The third-order valence-corrected chi connectivity index (χ3v) is 3.09. The number of nitro groups is 1. The summed E-state index contributed by atoms with van der Waals surface area (Å²) in [7, 11) is 0. The van der Waals surface area contributed by atoms with Crippen molar-refractivity contribution < 1.29 is 19.0 Å². The van der Waals surface area contributed by atoms with Gasteiger partial charge in [0.05, 0.1) is 34.4 Å². The molecule has 0 saturated carbocycles. The predicted octanol–water partition coefficient (Wildman–Crippen LogP) is 3.60. The first-order valence-corrected chi connectivity index (χ1v) is 7.51. The Morgan fingerprint density at radius 3 is 2.57 bits per heavy atom. The summed E-state index contributed by atoms with van der Waals surface area (Å²) < 4.78 is 5.30. The van der Waals surface area contributed by atoms with Crippen molar-refractivity contribution in [3.63, 3.8) is 0 Å². The van der Waals surface area contributed by atoms with Crippen LogP contribution >= 0.6 is 12.0 Å². The first-order chi connectivity index (χ1) is 11.0. The van der Waals surface area contributed by atoms with E-state index in [1.807, 2.05) is 0 Å². The van der Waals surface area contributed by atoms with Gasteiger partial charge in [-0.3, -0.25) is 10.1 Å². The highest BCUT2D eigenvalue weighted by atomic mass is 32.2. The molecule has 0 aliphatic heterocycles. The molecule has 0 bridgehead atoms. The molecule has 0 spiro atoms. The number of hydrogen-bond donors (Lipinski definition) is 3. The van der Waals surface area contributed by atoms with Crippen molar-refractivity contribution >= 4 is 35.1 Å². The van der Waals surface area contributed by atoms with Crippen LogP contribution < -0.4 is 14.8 Å². The van der Waals surface area contributed by atoms with Gasteiger partial charge >= 0.3 is 6.03 Å². The van der Waals surface area contributed by atoms with Gasteiger partial charge in [-0.25, -0.2) is 4.79 Å². The maximum absolute atomic E-state index is 12.0. The van der Waals surface area contributed by atoms with Gasteiger partial charge < -0.3 is 19.9 Å². The average Bonchev–Trinajstić information content (AvgIpc) is 2.51. The van der Waals surface area contributed by atoms with Gasteiger partial charge in [-0.2, -0.15) is 0 Å². The number of non-ortho nitro benzene ring substituents is 1. The lowest BCUT2D eigenvalue weighted by atomic mass is 10.2. The first-order valence-electron chi connectivity index (χ1n) is 6.36. The Balaban J connectivity index is 2.10. The molecular formula is C14H13N3O5S. The van der Waals surface area contributed by atoms with Crippen LogP contribution in [-0.4, -0.2) is 22.3 Å². The molecule has 2 rings (SSSR count). The number of para-hydroxylation sites is 2. The Morgan fingerprint density at radius 2 is 1.91 bits per heavy atom. The Hall–Kier alpha value is -2.94. The van der Waals surface area contributed by atoms with Crippen LogP contribution in [0.5, 0.6) is 11.5 Å². The second-order valence-electron chi connectivity index (χ2n) is 4.28. The third kappa shape index (κ3) is 4.27. The fraction of sp³-hybridized carbons (Fsp3) is 0.0714. The highest BCUT2D eigenvalue weighted by Crippen LogP contribution is 2.29. The Kier molecular flexibility index (Phi) is 5.26. The summed E-state index contributed by atoms with van der Waals surface area (Å²) in [5, 5.41) is 25.3. The summed E-state index contributed by atoms with van der Waals surface area (Å²) in [5.74, 6) is 0.0751. The molecule has 0 unspecified atom stereocenters. The lowest BCUT2D eigenvalue weighted by Crippen LogP contribution is -2.19. The van der Waals surface area contributed by atoms with Gasteiger partial charge in [0.1, 0.15) is 5.75 Å². The number of anilines is 2. The zero-order valence-electron chi connectivity index (χ0n) is 12.0. The molecule has 120 valence electrons. The van der Waals surface area contributed by atoms with E-state index in [0.717, 1.165) is 18.1 Å². The second kappa shape index (κ2) is 7.36. The van der Waals surface area contributed by atoms with Gasteiger partial charge in [0.15, 0.2) is 5.75 Å². The van der Waals surface area contributed by atoms with Crippen molar-refractivity contribution in [2.45, 2.75) is 0 Å². The normalized spacial score (nSPS) is 9.96. The van der Waals surface area contributed by atoms with Crippen molar-refractivity contribution in [2.24, 2.45) is 0 Å². The summed E-state index contributed by atoms with van der Waals surface area (Å²) in [5.41, 5.74) is 0.226. The number of urea groups is 1. The molecule has 0 aliphatic rings. The quantitative estimate of drug-likeness (QED) is 0.333. The van der Waals surface area contributed by atoms with Crippen molar-refractivity contribution in [3.05, 3.63) is 52.6 Å². The molecule has 0 atom stereocenters. The van der Waals surface area contributed by atoms with E-state index >= 15 is 0 Å². The zero-order chi connectivity index (χ0) is 16.8. The molecule has 0 aliphatic carbocycles. The lowest BCUT2D eigenvalue weighted by Gasteiger charge is -2.11. The molecule has 9 heteroatoms. The van der Waals surface area contributed by atoms with Gasteiger partial charge in [0.25, 0.3) is 5.69 Å². The second-order valence-corrected chi connectivity index (χ2v) is 4.78. The van der Waals surface area contributed by atoms with Crippen molar-refractivity contribution in [2.75, 3.05) is 16.9 Å². The van der Waals surface area contributed by atoms with Crippen molar-refractivity contribution in [3.8, 4) is 11.5 Å². The van der Waals surface area contributed by atoms with Crippen LogP contribution in [0.1, 0.15) is 0 Å². The van der Waals surface area contributed by atoms with Crippen LogP contribution in [0.15, 0.2) is 42.5 Å². The van der Waals surface area contributed by atoms with Gasteiger partial charge in [-0.1, -0.05) is 12.1 Å². The zero-order valence-corrected chi connectivity index (χ0v) is 12.8. The standard InChI is InChI=1S/C14H13N3O5S/c1-23-22-13-5-3-2-4-11(13)16-14(19)15-10-7-6-9(17(20)21)8-12(10)18/h2-8,18H,1H3,(H2,15,16,19). The molecule has 2 aromatic rings. The summed E-state index contributed by atoms with van der Waals surface area (Å²) in [6, 6.07) is 9.60. The minimum Gasteiger partial charge on any atom is -0.506 e. The largest absolute Gasteiger partial charge is 0.506 e. The monoisotopic (exact) mass is 335 g/mol. The summed E-state index contributed by atoms with van der Waals surface area (Å²) in [4.78, 5) is 21.9. The average molecular weight is 335 g/mol. The number of phenolic OH excluding ortho intramolecular Hbond substituents is 1. The number of aromatic hydroxyl groups is 1. The molecular weight excluding hydrogens is 322 g/mol. The first kappa shape index (κ1) is 16.4. The van der Waals surface area contributed by atoms with Gasteiger partial charge in [0, 0.05) is 12.3 Å². The van der Waals surface area contributed by atoms with Crippen LogP contribution in [0.2, 0.25) is 0 Å². The van der Waals surface area contributed by atoms with Crippen LogP contribution in [0, 0.1) is 10.1 Å². The number of nitro benzene ring substituents is 1. The smallest absolute Gasteiger partial charge is 0.323 e. The van der Waals surface area contributed by atoms with Crippen LogP contribution in [0.25, 0.3) is 0 Å². The van der Waals surface area contributed by atoms with Crippen LogP contribution in [-0.2, 0) is 0 Å². The molecule has 0 heterocycles. The fourth-order valence-corrected chi connectivity index (χ4v) is 2.07. The maximum Gasteiger partial charge on any atom is 0.323 e. The predicted molar refractivity (Wildman–Crippen MR) is 88.0 cm³/mol. The summed E-state index contributed by atoms with van der Waals surface area (Å²) in [6.07, 6.45) is 1.74. The van der Waals surface area contributed by atoms with Gasteiger partial charge in [-0.15, -0.1) is 0 Å². The number of carbonyl (C=O) groups is 1. The molecule has 2 aromatic carbocycles.